The molecule has 1 unspecified atom stereocenters. The summed E-state index contributed by atoms with van der Waals surface area (Å²) in [4.78, 5) is 10.9. The fourth-order valence-corrected chi connectivity index (χ4v) is 4.53. The van der Waals surface area contributed by atoms with E-state index in [2.05, 4.69) is 0 Å². The largest absolute Gasteiger partial charge is 0.481 e. The Morgan fingerprint density at radius 1 is 1.29 bits per heavy atom. The molecule has 0 saturated carbocycles. The van der Waals surface area contributed by atoms with Crippen LogP contribution in [0.5, 0.6) is 0 Å². The Bertz CT molecular complexity index is 619. The van der Waals surface area contributed by atoms with Crippen LogP contribution in [0.15, 0.2) is 23.1 Å². The quantitative estimate of drug-likeness (QED) is 0.904. The molecule has 0 aromatic heterocycles. The minimum Gasteiger partial charge on any atom is -0.481 e. The van der Waals surface area contributed by atoms with Crippen LogP contribution in [-0.2, 0) is 14.8 Å². The second-order valence-electron chi connectivity index (χ2n) is 5.77. The SMILES string of the molecule is Cc1cc(C)cc(S(=O)(=O)N2CCC(CCC(=O)O)C2)c1. The van der Waals surface area contributed by atoms with E-state index in [4.69, 9.17) is 5.11 Å². The summed E-state index contributed by atoms with van der Waals surface area (Å²) < 4.78 is 26.7. The van der Waals surface area contributed by atoms with Crippen molar-refractivity contribution in [2.45, 2.75) is 38.0 Å². The zero-order chi connectivity index (χ0) is 15.6. The van der Waals surface area contributed by atoms with E-state index in [-0.39, 0.29) is 12.3 Å². The highest BCUT2D eigenvalue weighted by atomic mass is 32.2. The van der Waals surface area contributed by atoms with Gasteiger partial charge < -0.3 is 5.11 Å². The number of hydrogen-bond donors (Lipinski definition) is 1. The van der Waals surface area contributed by atoms with Crippen LogP contribution in [0.4, 0.5) is 0 Å². The van der Waals surface area contributed by atoms with Crippen LogP contribution in [-0.4, -0.2) is 36.9 Å². The van der Waals surface area contributed by atoms with Gasteiger partial charge in [0.15, 0.2) is 0 Å². The number of sulfonamides is 1. The van der Waals surface area contributed by atoms with Gasteiger partial charge in [0.25, 0.3) is 0 Å². The summed E-state index contributed by atoms with van der Waals surface area (Å²) in [5.41, 5.74) is 1.85. The molecule has 0 amide bonds. The summed E-state index contributed by atoms with van der Waals surface area (Å²) >= 11 is 0. The lowest BCUT2D eigenvalue weighted by Gasteiger charge is -2.17. The minimum atomic E-state index is -3.47. The molecule has 1 aliphatic heterocycles. The van der Waals surface area contributed by atoms with Crippen LogP contribution in [0.3, 0.4) is 0 Å². The summed E-state index contributed by atoms with van der Waals surface area (Å²) in [6.45, 7) is 4.65. The fourth-order valence-electron chi connectivity index (χ4n) is 2.81. The van der Waals surface area contributed by atoms with Crippen LogP contribution in [0.25, 0.3) is 0 Å². The number of nitrogens with zero attached hydrogens (tertiary/aromatic N) is 1. The molecule has 21 heavy (non-hydrogen) atoms. The van der Waals surface area contributed by atoms with E-state index in [1.54, 1.807) is 12.1 Å². The van der Waals surface area contributed by atoms with Gasteiger partial charge in [-0.25, -0.2) is 8.42 Å². The Labute approximate surface area is 125 Å². The monoisotopic (exact) mass is 311 g/mol. The van der Waals surface area contributed by atoms with Gasteiger partial charge in [0.05, 0.1) is 4.90 Å². The topological polar surface area (TPSA) is 74.7 Å². The third-order valence-corrected chi connectivity index (χ3v) is 5.69. The van der Waals surface area contributed by atoms with Gasteiger partial charge in [0.2, 0.25) is 10.0 Å². The first-order valence-electron chi connectivity index (χ1n) is 7.09. The van der Waals surface area contributed by atoms with E-state index in [1.165, 1.54) is 4.31 Å². The van der Waals surface area contributed by atoms with Gasteiger partial charge in [0.1, 0.15) is 0 Å². The Kier molecular flexibility index (Phi) is 4.68. The smallest absolute Gasteiger partial charge is 0.303 e. The van der Waals surface area contributed by atoms with Gasteiger partial charge in [0, 0.05) is 19.5 Å². The molecule has 5 nitrogen and oxygen atoms in total. The van der Waals surface area contributed by atoms with Gasteiger partial charge in [-0.2, -0.15) is 4.31 Å². The first kappa shape index (κ1) is 16.0. The molecule has 0 radical (unpaired) electrons. The number of benzene rings is 1. The third-order valence-electron chi connectivity index (χ3n) is 3.85. The molecule has 1 N–H and O–H groups in total. The van der Waals surface area contributed by atoms with Crippen molar-refractivity contribution in [3.8, 4) is 0 Å². The lowest BCUT2D eigenvalue weighted by Crippen LogP contribution is -2.29. The zero-order valence-corrected chi connectivity index (χ0v) is 13.2. The Morgan fingerprint density at radius 3 is 2.48 bits per heavy atom. The Hall–Kier alpha value is -1.40. The summed E-state index contributed by atoms with van der Waals surface area (Å²) in [6, 6.07) is 5.32. The number of carboxylic acids is 1. The van der Waals surface area contributed by atoms with Gasteiger partial charge in [-0.05, 0) is 55.9 Å². The molecule has 0 aliphatic carbocycles. The Morgan fingerprint density at radius 2 is 1.90 bits per heavy atom. The molecule has 116 valence electrons. The summed E-state index contributed by atoms with van der Waals surface area (Å²) in [5.74, 6) is -0.688. The molecular weight excluding hydrogens is 290 g/mol. The van der Waals surface area contributed by atoms with E-state index in [0.29, 0.717) is 24.4 Å². The van der Waals surface area contributed by atoms with Crippen molar-refractivity contribution in [1.82, 2.24) is 4.31 Å². The Balaban J connectivity index is 2.12. The molecule has 1 heterocycles. The van der Waals surface area contributed by atoms with E-state index in [0.717, 1.165) is 17.5 Å². The first-order chi connectivity index (χ1) is 9.79. The van der Waals surface area contributed by atoms with Crippen molar-refractivity contribution in [3.05, 3.63) is 29.3 Å². The number of carboxylic acid groups (broad SMARTS) is 1. The summed E-state index contributed by atoms with van der Waals surface area (Å²) in [7, 11) is -3.47. The molecule has 1 aromatic rings. The summed E-state index contributed by atoms with van der Waals surface area (Å²) in [5, 5.41) is 8.71. The van der Waals surface area contributed by atoms with Crippen LogP contribution in [0.2, 0.25) is 0 Å². The number of aryl methyl sites for hydroxylation is 2. The number of aliphatic carboxylic acids is 1. The fraction of sp³-hybridized carbons (Fsp3) is 0.533. The van der Waals surface area contributed by atoms with Crippen LogP contribution in [0, 0.1) is 19.8 Å². The number of hydrogen-bond acceptors (Lipinski definition) is 3. The van der Waals surface area contributed by atoms with Crippen molar-refractivity contribution in [2.24, 2.45) is 5.92 Å². The lowest BCUT2D eigenvalue weighted by atomic mass is 10.0. The van der Waals surface area contributed by atoms with E-state index >= 15 is 0 Å². The second-order valence-corrected chi connectivity index (χ2v) is 7.71. The van der Waals surface area contributed by atoms with Gasteiger partial charge in [-0.15, -0.1) is 0 Å². The first-order valence-corrected chi connectivity index (χ1v) is 8.53. The predicted octanol–water partition coefficient (Wildman–Crippen LogP) is 2.18. The molecule has 6 heteroatoms. The van der Waals surface area contributed by atoms with Crippen LogP contribution >= 0.6 is 0 Å². The second kappa shape index (κ2) is 6.15. The van der Waals surface area contributed by atoms with Crippen molar-refractivity contribution < 1.29 is 18.3 Å². The molecule has 1 aliphatic rings. The maximum atomic E-state index is 12.6. The van der Waals surface area contributed by atoms with Crippen LogP contribution in [0.1, 0.15) is 30.4 Å². The maximum absolute atomic E-state index is 12.6. The molecule has 2 rings (SSSR count). The standard InChI is InChI=1S/C15H21NO4S/c1-11-7-12(2)9-14(8-11)21(19,20)16-6-5-13(10-16)3-4-15(17)18/h7-9,13H,3-6,10H2,1-2H3,(H,17,18). The van der Waals surface area contributed by atoms with Crippen molar-refractivity contribution >= 4 is 16.0 Å². The minimum absolute atomic E-state index is 0.0993. The van der Waals surface area contributed by atoms with E-state index in [1.807, 2.05) is 19.9 Å². The number of carbonyl (C=O) groups is 1. The molecule has 0 bridgehead atoms. The highest BCUT2D eigenvalue weighted by molar-refractivity contribution is 7.89. The average molecular weight is 311 g/mol. The number of rotatable bonds is 5. The van der Waals surface area contributed by atoms with E-state index < -0.39 is 16.0 Å². The van der Waals surface area contributed by atoms with Gasteiger partial charge in [-0.3, -0.25) is 4.79 Å². The van der Waals surface area contributed by atoms with Gasteiger partial charge in [-0.1, -0.05) is 6.07 Å². The van der Waals surface area contributed by atoms with E-state index in [9.17, 15) is 13.2 Å². The molecule has 0 spiro atoms. The molecular formula is C15H21NO4S. The van der Waals surface area contributed by atoms with Crippen molar-refractivity contribution in [2.75, 3.05) is 13.1 Å². The molecule has 1 fully saturated rings. The molecule has 1 saturated heterocycles. The van der Waals surface area contributed by atoms with Crippen molar-refractivity contribution in [1.29, 1.82) is 0 Å². The average Bonchev–Trinajstić information content (AvgIpc) is 2.84. The van der Waals surface area contributed by atoms with Crippen molar-refractivity contribution in [3.63, 3.8) is 0 Å². The lowest BCUT2D eigenvalue weighted by molar-refractivity contribution is -0.137. The zero-order valence-electron chi connectivity index (χ0n) is 12.4. The third kappa shape index (κ3) is 3.83. The highest BCUT2D eigenvalue weighted by Crippen LogP contribution is 2.27. The molecule has 1 aromatic carbocycles. The van der Waals surface area contributed by atoms with Crippen LogP contribution < -0.4 is 0 Å². The summed E-state index contributed by atoms with van der Waals surface area (Å²) in [6.07, 6.45) is 1.37. The normalized spacial score (nSPS) is 19.8. The molecule has 1 atom stereocenters. The van der Waals surface area contributed by atoms with Gasteiger partial charge >= 0.3 is 5.97 Å². The maximum Gasteiger partial charge on any atom is 0.303 e. The highest BCUT2D eigenvalue weighted by Gasteiger charge is 2.32. The predicted molar refractivity (Wildman–Crippen MR) is 79.7 cm³/mol.